The van der Waals surface area contributed by atoms with Crippen LogP contribution in [0.4, 0.5) is 10.2 Å². The number of halogens is 1. The maximum atomic E-state index is 13.4. The highest BCUT2D eigenvalue weighted by Gasteiger charge is 2.07. The van der Waals surface area contributed by atoms with E-state index in [2.05, 4.69) is 10.2 Å². The van der Waals surface area contributed by atoms with Crippen molar-refractivity contribution in [2.75, 3.05) is 5.73 Å². The Morgan fingerprint density at radius 1 is 1.36 bits per heavy atom. The fourth-order valence-corrected chi connectivity index (χ4v) is 1.32. The molecule has 0 aliphatic rings. The molecule has 1 aromatic carbocycles. The SMILES string of the molecule is Cc1ccc(F)c(-c2cc(N)n[nH]2)c1. The highest BCUT2D eigenvalue weighted by Crippen LogP contribution is 2.22. The number of aromatic nitrogens is 2. The van der Waals surface area contributed by atoms with Crippen molar-refractivity contribution in [3.63, 3.8) is 0 Å². The third-order valence-corrected chi connectivity index (χ3v) is 2.01. The van der Waals surface area contributed by atoms with Crippen LogP contribution in [0.15, 0.2) is 24.3 Å². The molecule has 72 valence electrons. The van der Waals surface area contributed by atoms with Gasteiger partial charge in [-0.25, -0.2) is 4.39 Å². The van der Waals surface area contributed by atoms with E-state index in [0.717, 1.165) is 5.56 Å². The van der Waals surface area contributed by atoms with Gasteiger partial charge >= 0.3 is 0 Å². The zero-order chi connectivity index (χ0) is 10.1. The van der Waals surface area contributed by atoms with Crippen LogP contribution in [0.1, 0.15) is 5.56 Å². The van der Waals surface area contributed by atoms with Crippen molar-refractivity contribution in [1.82, 2.24) is 10.2 Å². The summed E-state index contributed by atoms with van der Waals surface area (Å²) in [5, 5.41) is 6.42. The highest BCUT2D eigenvalue weighted by molar-refractivity contribution is 5.63. The molecule has 0 aliphatic heterocycles. The second-order valence-corrected chi connectivity index (χ2v) is 3.19. The smallest absolute Gasteiger partial charge is 0.145 e. The Kier molecular flexibility index (Phi) is 1.96. The molecule has 3 N–H and O–H groups in total. The first kappa shape index (κ1) is 8.74. The van der Waals surface area contributed by atoms with Crippen LogP contribution in [-0.4, -0.2) is 10.2 Å². The summed E-state index contributed by atoms with van der Waals surface area (Å²) in [6.07, 6.45) is 0. The molecular formula is C10H10FN3. The van der Waals surface area contributed by atoms with E-state index in [-0.39, 0.29) is 5.82 Å². The summed E-state index contributed by atoms with van der Waals surface area (Å²) in [5.41, 5.74) is 7.53. The molecule has 1 aromatic heterocycles. The number of rotatable bonds is 1. The summed E-state index contributed by atoms with van der Waals surface area (Å²) in [6.45, 7) is 1.91. The number of aromatic amines is 1. The van der Waals surface area contributed by atoms with E-state index in [9.17, 15) is 4.39 Å². The molecule has 4 heteroatoms. The third kappa shape index (κ3) is 1.46. The fourth-order valence-electron chi connectivity index (χ4n) is 1.32. The molecule has 14 heavy (non-hydrogen) atoms. The molecule has 2 rings (SSSR count). The molecule has 0 bridgehead atoms. The molecule has 2 aromatic rings. The molecular weight excluding hydrogens is 181 g/mol. The molecule has 0 saturated heterocycles. The van der Waals surface area contributed by atoms with Gasteiger partial charge in [-0.2, -0.15) is 5.10 Å². The van der Waals surface area contributed by atoms with Gasteiger partial charge in [0.2, 0.25) is 0 Å². The number of hydrogen-bond donors (Lipinski definition) is 2. The summed E-state index contributed by atoms with van der Waals surface area (Å²) < 4.78 is 13.4. The van der Waals surface area contributed by atoms with Crippen LogP contribution in [0.5, 0.6) is 0 Å². The monoisotopic (exact) mass is 191 g/mol. The van der Waals surface area contributed by atoms with E-state index in [4.69, 9.17) is 5.73 Å². The minimum absolute atomic E-state index is 0.278. The van der Waals surface area contributed by atoms with Crippen molar-refractivity contribution in [2.45, 2.75) is 6.92 Å². The van der Waals surface area contributed by atoms with E-state index < -0.39 is 0 Å². The molecule has 0 unspecified atom stereocenters. The van der Waals surface area contributed by atoms with Gasteiger partial charge in [0.05, 0.1) is 5.69 Å². The number of nitrogens with two attached hydrogens (primary N) is 1. The maximum absolute atomic E-state index is 13.4. The van der Waals surface area contributed by atoms with Crippen molar-refractivity contribution in [1.29, 1.82) is 0 Å². The zero-order valence-electron chi connectivity index (χ0n) is 7.71. The fraction of sp³-hybridized carbons (Fsp3) is 0.100. The van der Waals surface area contributed by atoms with Crippen molar-refractivity contribution in [3.05, 3.63) is 35.6 Å². The molecule has 0 radical (unpaired) electrons. The molecule has 0 saturated carbocycles. The number of benzene rings is 1. The molecule has 0 fully saturated rings. The summed E-state index contributed by atoms with van der Waals surface area (Å²) >= 11 is 0. The van der Waals surface area contributed by atoms with Crippen LogP contribution in [0.3, 0.4) is 0 Å². The lowest BCUT2D eigenvalue weighted by Gasteiger charge is -2.00. The first-order chi connectivity index (χ1) is 6.66. The Morgan fingerprint density at radius 2 is 2.14 bits per heavy atom. The predicted molar refractivity (Wildman–Crippen MR) is 53.1 cm³/mol. The van der Waals surface area contributed by atoms with Crippen molar-refractivity contribution < 1.29 is 4.39 Å². The lowest BCUT2D eigenvalue weighted by atomic mass is 10.1. The number of anilines is 1. The minimum atomic E-state index is -0.278. The van der Waals surface area contributed by atoms with Crippen molar-refractivity contribution in [2.24, 2.45) is 0 Å². The number of nitrogen functional groups attached to an aromatic ring is 1. The Morgan fingerprint density at radius 3 is 2.79 bits per heavy atom. The van der Waals surface area contributed by atoms with Crippen LogP contribution in [0.2, 0.25) is 0 Å². The van der Waals surface area contributed by atoms with Gasteiger partial charge in [-0.15, -0.1) is 0 Å². The van der Waals surface area contributed by atoms with E-state index in [1.807, 2.05) is 6.92 Å². The number of aryl methyl sites for hydroxylation is 1. The third-order valence-electron chi connectivity index (χ3n) is 2.01. The van der Waals surface area contributed by atoms with Crippen LogP contribution in [-0.2, 0) is 0 Å². The number of nitrogens with one attached hydrogen (secondary N) is 1. The lowest BCUT2D eigenvalue weighted by Crippen LogP contribution is -1.85. The van der Waals surface area contributed by atoms with E-state index >= 15 is 0 Å². The predicted octanol–water partition coefficient (Wildman–Crippen LogP) is 2.11. The van der Waals surface area contributed by atoms with Crippen molar-refractivity contribution in [3.8, 4) is 11.3 Å². The minimum Gasteiger partial charge on any atom is -0.382 e. The first-order valence-electron chi connectivity index (χ1n) is 4.24. The summed E-state index contributed by atoms with van der Waals surface area (Å²) in [7, 11) is 0. The van der Waals surface area contributed by atoms with Crippen LogP contribution < -0.4 is 5.73 Å². The Labute approximate surface area is 80.8 Å². The number of hydrogen-bond acceptors (Lipinski definition) is 2. The maximum Gasteiger partial charge on any atom is 0.145 e. The molecule has 0 spiro atoms. The van der Waals surface area contributed by atoms with Gasteiger partial charge in [-0.3, -0.25) is 5.10 Å². The normalized spacial score (nSPS) is 10.4. The van der Waals surface area contributed by atoms with Gasteiger partial charge in [-0.1, -0.05) is 11.6 Å². The lowest BCUT2D eigenvalue weighted by molar-refractivity contribution is 0.630. The van der Waals surface area contributed by atoms with E-state index in [1.165, 1.54) is 6.07 Å². The first-order valence-corrected chi connectivity index (χ1v) is 4.24. The van der Waals surface area contributed by atoms with E-state index in [0.29, 0.717) is 17.1 Å². The van der Waals surface area contributed by atoms with Gasteiger partial charge in [0.15, 0.2) is 0 Å². The standard InChI is InChI=1S/C10H10FN3/c1-6-2-3-8(11)7(4-6)9-5-10(12)14-13-9/h2-5H,1H3,(H3,12,13,14). The van der Waals surface area contributed by atoms with Gasteiger partial charge in [0.25, 0.3) is 0 Å². The topological polar surface area (TPSA) is 54.7 Å². The quantitative estimate of drug-likeness (QED) is 0.725. The summed E-state index contributed by atoms with van der Waals surface area (Å²) in [5.74, 6) is 0.0835. The molecule has 3 nitrogen and oxygen atoms in total. The Hall–Kier alpha value is -1.84. The average Bonchev–Trinajstić information content (AvgIpc) is 2.56. The van der Waals surface area contributed by atoms with Gasteiger partial charge in [0.1, 0.15) is 11.6 Å². The second-order valence-electron chi connectivity index (χ2n) is 3.19. The molecule has 0 aliphatic carbocycles. The molecule has 1 heterocycles. The van der Waals surface area contributed by atoms with Gasteiger partial charge in [-0.05, 0) is 19.1 Å². The Balaban J connectivity index is 2.55. The average molecular weight is 191 g/mol. The number of nitrogens with zero attached hydrogens (tertiary/aromatic N) is 1. The van der Waals surface area contributed by atoms with Crippen LogP contribution in [0.25, 0.3) is 11.3 Å². The number of H-pyrrole nitrogens is 1. The van der Waals surface area contributed by atoms with Crippen LogP contribution >= 0.6 is 0 Å². The zero-order valence-corrected chi connectivity index (χ0v) is 7.71. The van der Waals surface area contributed by atoms with E-state index in [1.54, 1.807) is 18.2 Å². The van der Waals surface area contributed by atoms with Crippen LogP contribution in [0, 0.1) is 12.7 Å². The Bertz CT molecular complexity index is 462. The summed E-state index contributed by atoms with van der Waals surface area (Å²) in [6, 6.07) is 6.51. The van der Waals surface area contributed by atoms with Crippen molar-refractivity contribution >= 4 is 5.82 Å². The van der Waals surface area contributed by atoms with Gasteiger partial charge in [0, 0.05) is 11.6 Å². The van der Waals surface area contributed by atoms with Gasteiger partial charge < -0.3 is 5.73 Å². The highest BCUT2D eigenvalue weighted by atomic mass is 19.1. The second kappa shape index (κ2) is 3.14. The molecule has 0 atom stereocenters. The summed E-state index contributed by atoms with van der Waals surface area (Å²) in [4.78, 5) is 0. The molecule has 0 amide bonds. The largest absolute Gasteiger partial charge is 0.382 e.